The fourth-order valence-electron chi connectivity index (χ4n) is 0.873. The molecule has 0 fully saturated rings. The predicted octanol–water partition coefficient (Wildman–Crippen LogP) is 3.72. The van der Waals surface area contributed by atoms with Crippen molar-refractivity contribution in [1.82, 2.24) is 0 Å². The van der Waals surface area contributed by atoms with E-state index in [2.05, 4.69) is 4.74 Å². The molecule has 112 valence electrons. The topological polar surface area (TPSA) is 26.3 Å². The highest BCUT2D eigenvalue weighted by Gasteiger charge is 2.77. The third-order valence-corrected chi connectivity index (χ3v) is 1.94. The molecule has 0 aliphatic heterocycles. The fourth-order valence-corrected chi connectivity index (χ4v) is 0.873. The highest BCUT2D eigenvalue weighted by Crippen LogP contribution is 2.46. The number of carbonyl (C=O) groups excluding carboxylic acids is 1. The number of alkyl halides is 7. The standard InChI is InChI=1S/C10H11F7O2/c1-2-3-4-5-6-19-7(18)8(11,12)9(13,14)10(15,16)17/h4-5H,2-3,6H2,1H3/b5-4-. The summed E-state index contributed by atoms with van der Waals surface area (Å²) in [6.07, 6.45) is -2.84. The first-order valence-electron chi connectivity index (χ1n) is 5.13. The van der Waals surface area contributed by atoms with Crippen LogP contribution in [0.4, 0.5) is 30.7 Å². The van der Waals surface area contributed by atoms with Gasteiger partial charge in [0.25, 0.3) is 0 Å². The summed E-state index contributed by atoms with van der Waals surface area (Å²) in [5, 5.41) is 0. The molecule has 9 heteroatoms. The van der Waals surface area contributed by atoms with E-state index in [1.807, 2.05) is 0 Å². The number of allylic oxidation sites excluding steroid dienone is 1. The molecule has 2 nitrogen and oxygen atoms in total. The Labute approximate surface area is 104 Å². The fraction of sp³-hybridized carbons (Fsp3) is 0.700. The van der Waals surface area contributed by atoms with Crippen LogP contribution >= 0.6 is 0 Å². The average molecular weight is 296 g/mol. The summed E-state index contributed by atoms with van der Waals surface area (Å²) in [5.74, 6) is -15.4. The minimum atomic E-state index is -6.55. The van der Waals surface area contributed by atoms with E-state index in [9.17, 15) is 35.5 Å². The summed E-state index contributed by atoms with van der Waals surface area (Å²) < 4.78 is 89.0. The van der Waals surface area contributed by atoms with Crippen molar-refractivity contribution in [2.75, 3.05) is 6.61 Å². The molecule has 0 aromatic rings. The number of halogens is 7. The lowest BCUT2D eigenvalue weighted by Gasteiger charge is -2.26. The molecular formula is C10H11F7O2. The predicted molar refractivity (Wildman–Crippen MR) is 51.0 cm³/mol. The van der Waals surface area contributed by atoms with Gasteiger partial charge in [-0.3, -0.25) is 0 Å². The Balaban J connectivity index is 4.69. The summed E-state index contributed by atoms with van der Waals surface area (Å²) in [6.45, 7) is 0.983. The smallest absolute Gasteiger partial charge is 0.457 e. The molecule has 0 aliphatic carbocycles. The maximum absolute atomic E-state index is 12.7. The van der Waals surface area contributed by atoms with E-state index in [1.165, 1.54) is 6.08 Å². The Morgan fingerprint density at radius 3 is 2.00 bits per heavy atom. The number of rotatable bonds is 6. The molecule has 0 aromatic heterocycles. The SMILES string of the molecule is CCC/C=C\COC(=O)C(F)(F)C(F)(F)C(F)(F)F. The minimum absolute atomic E-state index is 0.520. The lowest BCUT2D eigenvalue weighted by atomic mass is 10.1. The summed E-state index contributed by atoms with van der Waals surface area (Å²) in [5.41, 5.74) is 0. The first kappa shape index (κ1) is 17.7. The number of unbranched alkanes of at least 4 members (excludes halogenated alkanes) is 1. The van der Waals surface area contributed by atoms with Gasteiger partial charge in [0.2, 0.25) is 0 Å². The van der Waals surface area contributed by atoms with Crippen LogP contribution in [0.5, 0.6) is 0 Å². The van der Waals surface area contributed by atoms with Crippen molar-refractivity contribution in [2.24, 2.45) is 0 Å². The van der Waals surface area contributed by atoms with Gasteiger partial charge in [-0.15, -0.1) is 0 Å². The molecule has 0 radical (unpaired) electrons. The van der Waals surface area contributed by atoms with Crippen LogP contribution in [-0.2, 0) is 9.53 Å². The molecule has 0 N–H and O–H groups in total. The van der Waals surface area contributed by atoms with Gasteiger partial charge in [-0.1, -0.05) is 25.5 Å². The Kier molecular flexibility index (Phi) is 5.83. The van der Waals surface area contributed by atoms with Gasteiger partial charge in [-0.2, -0.15) is 30.7 Å². The average Bonchev–Trinajstić information content (AvgIpc) is 2.26. The molecule has 0 saturated heterocycles. The molecule has 0 rings (SSSR count). The normalized spacial score (nSPS) is 13.9. The Morgan fingerprint density at radius 1 is 1.05 bits per heavy atom. The molecule has 0 amide bonds. The van der Waals surface area contributed by atoms with Crippen LogP contribution in [0.3, 0.4) is 0 Å². The van der Waals surface area contributed by atoms with Crippen molar-refractivity contribution in [2.45, 2.75) is 37.8 Å². The van der Waals surface area contributed by atoms with Crippen LogP contribution in [0, 0.1) is 0 Å². The monoisotopic (exact) mass is 296 g/mol. The molecule has 0 unspecified atom stereocenters. The first-order chi connectivity index (χ1) is 8.48. The van der Waals surface area contributed by atoms with Crippen LogP contribution in [0.1, 0.15) is 19.8 Å². The highest BCUT2D eigenvalue weighted by atomic mass is 19.4. The lowest BCUT2D eigenvalue weighted by molar-refractivity contribution is -0.348. The minimum Gasteiger partial charge on any atom is -0.457 e. The van der Waals surface area contributed by atoms with Crippen LogP contribution in [0.25, 0.3) is 0 Å². The lowest BCUT2D eigenvalue weighted by Crippen LogP contribution is -2.56. The molecule has 0 aliphatic rings. The number of hydrogen-bond acceptors (Lipinski definition) is 2. The third-order valence-electron chi connectivity index (χ3n) is 1.94. The van der Waals surface area contributed by atoms with E-state index in [0.717, 1.165) is 6.08 Å². The van der Waals surface area contributed by atoms with Crippen molar-refractivity contribution in [3.63, 3.8) is 0 Å². The molecule has 0 atom stereocenters. The Morgan fingerprint density at radius 2 is 1.58 bits per heavy atom. The van der Waals surface area contributed by atoms with Crippen LogP contribution < -0.4 is 0 Å². The molecule has 0 heterocycles. The molecule has 0 saturated carbocycles. The van der Waals surface area contributed by atoms with Crippen molar-refractivity contribution < 1.29 is 40.3 Å². The van der Waals surface area contributed by atoms with Gasteiger partial charge >= 0.3 is 24.0 Å². The number of esters is 1. The van der Waals surface area contributed by atoms with Gasteiger partial charge in [0.15, 0.2) is 0 Å². The number of carbonyl (C=O) groups is 1. The first-order valence-corrected chi connectivity index (χ1v) is 5.13. The zero-order valence-corrected chi connectivity index (χ0v) is 9.74. The van der Waals surface area contributed by atoms with Crippen molar-refractivity contribution >= 4 is 5.97 Å². The van der Waals surface area contributed by atoms with Gasteiger partial charge in [-0.25, -0.2) is 4.79 Å². The molecule has 0 aromatic carbocycles. The summed E-state index contributed by atoms with van der Waals surface area (Å²) >= 11 is 0. The van der Waals surface area contributed by atoms with Gasteiger partial charge in [0.05, 0.1) is 0 Å². The Hall–Kier alpha value is -1.28. The van der Waals surface area contributed by atoms with Crippen LogP contribution in [0.15, 0.2) is 12.2 Å². The maximum Gasteiger partial charge on any atom is 0.460 e. The summed E-state index contributed by atoms with van der Waals surface area (Å²) in [4.78, 5) is 10.6. The van der Waals surface area contributed by atoms with E-state index < -0.39 is 30.6 Å². The third kappa shape index (κ3) is 4.10. The maximum atomic E-state index is 12.7. The zero-order chi connectivity index (χ0) is 15.3. The van der Waals surface area contributed by atoms with E-state index >= 15 is 0 Å². The van der Waals surface area contributed by atoms with Crippen molar-refractivity contribution in [3.05, 3.63) is 12.2 Å². The molecular weight excluding hydrogens is 285 g/mol. The second kappa shape index (κ2) is 6.25. The highest BCUT2D eigenvalue weighted by molar-refractivity contribution is 5.79. The van der Waals surface area contributed by atoms with Crippen LogP contribution in [-0.4, -0.2) is 30.6 Å². The van der Waals surface area contributed by atoms with Gasteiger partial charge in [0, 0.05) is 0 Å². The summed E-state index contributed by atoms with van der Waals surface area (Å²) in [7, 11) is 0. The van der Waals surface area contributed by atoms with Crippen molar-refractivity contribution in [3.8, 4) is 0 Å². The van der Waals surface area contributed by atoms with Gasteiger partial charge in [-0.05, 0) is 6.42 Å². The number of ether oxygens (including phenoxy) is 1. The van der Waals surface area contributed by atoms with Gasteiger partial charge in [0.1, 0.15) is 6.61 Å². The van der Waals surface area contributed by atoms with Gasteiger partial charge < -0.3 is 4.74 Å². The van der Waals surface area contributed by atoms with E-state index in [1.54, 1.807) is 6.92 Å². The quantitative estimate of drug-likeness (QED) is 0.424. The summed E-state index contributed by atoms with van der Waals surface area (Å²) in [6, 6.07) is 0. The van der Waals surface area contributed by atoms with Crippen LogP contribution in [0.2, 0.25) is 0 Å². The van der Waals surface area contributed by atoms with E-state index in [4.69, 9.17) is 0 Å². The zero-order valence-electron chi connectivity index (χ0n) is 9.74. The second-order valence-electron chi connectivity index (χ2n) is 3.51. The van der Waals surface area contributed by atoms with E-state index in [0.29, 0.717) is 12.8 Å². The van der Waals surface area contributed by atoms with E-state index in [-0.39, 0.29) is 0 Å². The molecule has 19 heavy (non-hydrogen) atoms. The second-order valence-corrected chi connectivity index (χ2v) is 3.51. The Bertz CT molecular complexity index is 333. The van der Waals surface area contributed by atoms with Crippen molar-refractivity contribution in [1.29, 1.82) is 0 Å². The molecule has 0 bridgehead atoms. The largest absolute Gasteiger partial charge is 0.460 e. The number of hydrogen-bond donors (Lipinski definition) is 0. The molecule has 0 spiro atoms.